The second kappa shape index (κ2) is 11.4. The SMILES string of the molecule is c1ccc(-c2nc(-c3ccc(-c4ccc(-c5cccc6c5oc5ccccc56)cc4)cc3)nc(-c3ccc4c(c3)oc3ccccc34)n2)cc1. The Morgan fingerprint density at radius 2 is 0.780 bits per heavy atom. The Labute approximate surface area is 287 Å². The van der Waals surface area contributed by atoms with Gasteiger partial charge in [-0.05, 0) is 41.0 Å². The molecule has 7 aromatic carbocycles. The Hall–Kier alpha value is -6.85. The third-order valence-corrected chi connectivity index (χ3v) is 9.38. The fourth-order valence-electron chi connectivity index (χ4n) is 6.84. The van der Waals surface area contributed by atoms with Crippen LogP contribution >= 0.6 is 0 Å². The summed E-state index contributed by atoms with van der Waals surface area (Å²) in [6.07, 6.45) is 0. The van der Waals surface area contributed by atoms with E-state index in [1.165, 1.54) is 0 Å². The number of nitrogens with zero attached hydrogens (tertiary/aromatic N) is 3. The fraction of sp³-hybridized carbons (Fsp3) is 0. The van der Waals surface area contributed by atoms with Gasteiger partial charge >= 0.3 is 0 Å². The normalized spacial score (nSPS) is 11.6. The average Bonchev–Trinajstić information content (AvgIpc) is 3.76. The van der Waals surface area contributed by atoms with Crippen molar-refractivity contribution in [3.05, 3.63) is 164 Å². The molecule has 0 fully saturated rings. The summed E-state index contributed by atoms with van der Waals surface area (Å²) in [5, 5.41) is 4.42. The minimum atomic E-state index is 0.593. The van der Waals surface area contributed by atoms with Crippen LogP contribution in [0.15, 0.2) is 173 Å². The Morgan fingerprint density at radius 1 is 0.300 bits per heavy atom. The summed E-state index contributed by atoms with van der Waals surface area (Å²) >= 11 is 0. The van der Waals surface area contributed by atoms with Gasteiger partial charge in [0.05, 0.1) is 0 Å². The van der Waals surface area contributed by atoms with Crippen molar-refractivity contribution in [2.45, 2.75) is 0 Å². The van der Waals surface area contributed by atoms with E-state index in [0.29, 0.717) is 17.5 Å². The molecule has 234 valence electrons. The monoisotopic (exact) mass is 641 g/mol. The van der Waals surface area contributed by atoms with E-state index in [-0.39, 0.29) is 0 Å². The first-order chi connectivity index (χ1) is 24.7. The number of para-hydroxylation sites is 3. The maximum absolute atomic E-state index is 6.29. The van der Waals surface area contributed by atoms with Gasteiger partial charge in [0.25, 0.3) is 0 Å². The molecule has 0 bridgehead atoms. The highest BCUT2D eigenvalue weighted by Gasteiger charge is 2.16. The Morgan fingerprint density at radius 3 is 1.48 bits per heavy atom. The Kier molecular flexibility index (Phi) is 6.42. The van der Waals surface area contributed by atoms with Crippen LogP contribution in [0.25, 0.3) is 100 Å². The molecule has 10 rings (SSSR count). The van der Waals surface area contributed by atoms with Crippen LogP contribution in [-0.2, 0) is 0 Å². The van der Waals surface area contributed by atoms with Crippen molar-refractivity contribution >= 4 is 43.9 Å². The van der Waals surface area contributed by atoms with Gasteiger partial charge in [-0.15, -0.1) is 0 Å². The topological polar surface area (TPSA) is 65.0 Å². The molecule has 0 aliphatic rings. The summed E-state index contributed by atoms with van der Waals surface area (Å²) in [4.78, 5) is 14.8. The molecule has 0 amide bonds. The zero-order chi connectivity index (χ0) is 33.0. The number of fused-ring (bicyclic) bond motifs is 6. The predicted molar refractivity (Wildman–Crippen MR) is 202 cm³/mol. The lowest BCUT2D eigenvalue weighted by molar-refractivity contribution is 0.669. The van der Waals surface area contributed by atoms with Gasteiger partial charge in [0.2, 0.25) is 0 Å². The first kappa shape index (κ1) is 28.2. The van der Waals surface area contributed by atoms with Crippen molar-refractivity contribution in [2.75, 3.05) is 0 Å². The zero-order valence-corrected chi connectivity index (χ0v) is 26.7. The third-order valence-electron chi connectivity index (χ3n) is 9.38. The number of rotatable bonds is 5. The van der Waals surface area contributed by atoms with Gasteiger partial charge in [-0.25, -0.2) is 15.0 Å². The molecule has 0 saturated heterocycles. The molecule has 5 nitrogen and oxygen atoms in total. The molecule has 0 radical (unpaired) electrons. The van der Waals surface area contributed by atoms with Gasteiger partial charge in [-0.2, -0.15) is 0 Å². The first-order valence-electron chi connectivity index (χ1n) is 16.6. The van der Waals surface area contributed by atoms with Crippen molar-refractivity contribution < 1.29 is 8.83 Å². The van der Waals surface area contributed by atoms with E-state index in [4.69, 9.17) is 23.8 Å². The maximum Gasteiger partial charge on any atom is 0.164 e. The largest absolute Gasteiger partial charge is 0.456 e. The van der Waals surface area contributed by atoms with Crippen molar-refractivity contribution in [3.8, 4) is 56.4 Å². The van der Waals surface area contributed by atoms with Crippen molar-refractivity contribution in [1.82, 2.24) is 15.0 Å². The van der Waals surface area contributed by atoms with Crippen LogP contribution in [0, 0.1) is 0 Å². The molecule has 0 aliphatic carbocycles. The molecule has 0 N–H and O–H groups in total. The number of hydrogen-bond donors (Lipinski definition) is 0. The van der Waals surface area contributed by atoms with Gasteiger partial charge in [0.15, 0.2) is 17.5 Å². The average molecular weight is 642 g/mol. The van der Waals surface area contributed by atoms with Gasteiger partial charge in [-0.3, -0.25) is 0 Å². The lowest BCUT2D eigenvalue weighted by Gasteiger charge is -2.09. The van der Waals surface area contributed by atoms with E-state index in [1.54, 1.807) is 0 Å². The minimum Gasteiger partial charge on any atom is -0.456 e. The van der Waals surface area contributed by atoms with E-state index in [9.17, 15) is 0 Å². The second-order valence-electron chi connectivity index (χ2n) is 12.4. The predicted octanol–water partition coefficient (Wildman–Crippen LogP) is 12.0. The van der Waals surface area contributed by atoms with Crippen LogP contribution in [0.5, 0.6) is 0 Å². The highest BCUT2D eigenvalue weighted by atomic mass is 16.3. The molecule has 0 atom stereocenters. The summed E-state index contributed by atoms with van der Waals surface area (Å²) in [6.45, 7) is 0. The number of hydrogen-bond acceptors (Lipinski definition) is 5. The maximum atomic E-state index is 6.29. The van der Waals surface area contributed by atoms with Crippen molar-refractivity contribution in [3.63, 3.8) is 0 Å². The summed E-state index contributed by atoms with van der Waals surface area (Å²) in [6, 6.07) is 55.8. The van der Waals surface area contributed by atoms with E-state index in [1.807, 2.05) is 66.7 Å². The molecule has 5 heteroatoms. The smallest absolute Gasteiger partial charge is 0.164 e. The molecular formula is C45H27N3O2. The first-order valence-corrected chi connectivity index (χ1v) is 16.6. The summed E-state index contributed by atoms with van der Waals surface area (Å²) in [7, 11) is 0. The number of aromatic nitrogens is 3. The van der Waals surface area contributed by atoms with Crippen LogP contribution in [0.2, 0.25) is 0 Å². The van der Waals surface area contributed by atoms with Crippen LogP contribution in [0.4, 0.5) is 0 Å². The standard InChI is InChI=1S/C45H27N3O2/c1-2-9-31(10-3-1)43-46-44(48-45(47-43)33-25-26-37-35-11-4-6-15-39(35)49-41(37)27-33)32-23-19-29(20-24-32)28-17-21-30(22-18-28)34-13-8-14-38-36-12-5-7-16-40(36)50-42(34)38/h1-27H. The van der Waals surface area contributed by atoms with Crippen molar-refractivity contribution in [2.24, 2.45) is 0 Å². The Balaban J connectivity index is 1.00. The Bertz CT molecular complexity index is 2850. The quantitative estimate of drug-likeness (QED) is 0.187. The summed E-state index contributed by atoms with van der Waals surface area (Å²) < 4.78 is 12.5. The molecule has 3 aromatic heterocycles. The van der Waals surface area contributed by atoms with Crippen LogP contribution < -0.4 is 0 Å². The number of furan rings is 2. The highest BCUT2D eigenvalue weighted by Crippen LogP contribution is 2.37. The molecular weight excluding hydrogens is 615 g/mol. The molecule has 0 saturated carbocycles. The number of benzene rings is 7. The fourth-order valence-corrected chi connectivity index (χ4v) is 6.84. The molecule has 3 heterocycles. The van der Waals surface area contributed by atoms with Gasteiger partial charge in [0, 0.05) is 43.8 Å². The van der Waals surface area contributed by atoms with Crippen LogP contribution in [0.3, 0.4) is 0 Å². The van der Waals surface area contributed by atoms with Gasteiger partial charge < -0.3 is 8.83 Å². The van der Waals surface area contributed by atoms with E-state index in [2.05, 4.69) is 97.1 Å². The highest BCUT2D eigenvalue weighted by molar-refractivity contribution is 6.09. The minimum absolute atomic E-state index is 0.593. The van der Waals surface area contributed by atoms with E-state index < -0.39 is 0 Å². The molecule has 0 unspecified atom stereocenters. The molecule has 0 aliphatic heterocycles. The van der Waals surface area contributed by atoms with Crippen molar-refractivity contribution in [1.29, 1.82) is 0 Å². The van der Waals surface area contributed by atoms with E-state index in [0.717, 1.165) is 82.8 Å². The van der Waals surface area contributed by atoms with Crippen LogP contribution in [0.1, 0.15) is 0 Å². The van der Waals surface area contributed by atoms with Gasteiger partial charge in [-0.1, -0.05) is 140 Å². The molecule has 0 spiro atoms. The zero-order valence-electron chi connectivity index (χ0n) is 26.7. The summed E-state index contributed by atoms with van der Waals surface area (Å²) in [5.74, 6) is 1.82. The lowest BCUT2D eigenvalue weighted by atomic mass is 9.98. The van der Waals surface area contributed by atoms with Gasteiger partial charge in [0.1, 0.15) is 22.3 Å². The summed E-state index contributed by atoms with van der Waals surface area (Å²) in [5.41, 5.74) is 10.6. The lowest BCUT2D eigenvalue weighted by Crippen LogP contribution is -2.00. The van der Waals surface area contributed by atoms with Crippen LogP contribution in [-0.4, -0.2) is 15.0 Å². The molecule has 10 aromatic rings. The third kappa shape index (κ3) is 4.75. The van der Waals surface area contributed by atoms with E-state index >= 15 is 0 Å². The molecule has 50 heavy (non-hydrogen) atoms. The second-order valence-corrected chi connectivity index (χ2v) is 12.4.